The number of aryl methyl sites for hydroxylation is 1. The zero-order valence-electron chi connectivity index (χ0n) is 16.1. The Morgan fingerprint density at radius 3 is 2.41 bits per heavy atom. The van der Waals surface area contributed by atoms with E-state index in [4.69, 9.17) is 0 Å². The van der Waals surface area contributed by atoms with Crippen LogP contribution in [0.4, 0.5) is 24.8 Å². The number of aromatic nitrogens is 2. The Labute approximate surface area is 180 Å². The lowest BCUT2D eigenvalue weighted by atomic mass is 10.0. The van der Waals surface area contributed by atoms with Crippen LogP contribution in [0.3, 0.4) is 0 Å². The van der Waals surface area contributed by atoms with E-state index in [1.165, 1.54) is 12.1 Å². The molecule has 0 aliphatic heterocycles. The number of alkyl halides is 3. The van der Waals surface area contributed by atoms with Crippen molar-refractivity contribution in [2.75, 3.05) is 17.7 Å². The maximum absolute atomic E-state index is 13.5. The summed E-state index contributed by atoms with van der Waals surface area (Å²) < 4.78 is 41.3. The molecule has 0 radical (unpaired) electrons. The molecule has 3 nitrogen and oxygen atoms in total. The highest BCUT2D eigenvalue weighted by Crippen LogP contribution is 2.38. The molecule has 0 atom stereocenters. The molecule has 0 bridgehead atoms. The number of hydrogen-bond donors (Lipinski definition) is 0. The molecular weight excluding hydrogens is 463 g/mol. The summed E-state index contributed by atoms with van der Waals surface area (Å²) in [6, 6.07) is 13.0. The molecule has 0 saturated heterocycles. The lowest BCUT2D eigenvalue weighted by Gasteiger charge is -2.24. The number of halogens is 4. The van der Waals surface area contributed by atoms with Gasteiger partial charge in [-0.05, 0) is 66.4 Å². The maximum Gasteiger partial charge on any atom is 0.417 e. The van der Waals surface area contributed by atoms with E-state index in [0.29, 0.717) is 18.2 Å². The number of hydrogen-bond acceptors (Lipinski definition) is 4. The van der Waals surface area contributed by atoms with Gasteiger partial charge in [0.1, 0.15) is 0 Å². The number of anilines is 2. The Kier molecular flexibility index (Phi) is 6.53. The Balaban J connectivity index is 2.13. The van der Waals surface area contributed by atoms with Gasteiger partial charge in [0.15, 0.2) is 0 Å². The van der Waals surface area contributed by atoms with E-state index >= 15 is 0 Å². The minimum Gasteiger partial charge on any atom is -0.310 e. The zero-order chi connectivity index (χ0) is 21.2. The molecule has 1 heterocycles. The van der Waals surface area contributed by atoms with Crippen molar-refractivity contribution in [1.82, 2.24) is 9.97 Å². The second-order valence-electron chi connectivity index (χ2n) is 6.30. The van der Waals surface area contributed by atoms with Gasteiger partial charge in [-0.25, -0.2) is 9.97 Å². The Morgan fingerprint density at radius 1 is 1.07 bits per heavy atom. The fraction of sp³-hybridized carbons (Fsp3) is 0.238. The number of nitrogens with zero attached hydrogens (tertiary/aromatic N) is 3. The summed E-state index contributed by atoms with van der Waals surface area (Å²) >= 11 is 5.21. The van der Waals surface area contributed by atoms with Crippen LogP contribution in [0.5, 0.6) is 0 Å². The smallest absolute Gasteiger partial charge is 0.310 e. The van der Waals surface area contributed by atoms with Crippen molar-refractivity contribution >= 4 is 39.3 Å². The van der Waals surface area contributed by atoms with Crippen LogP contribution in [0.1, 0.15) is 18.2 Å². The molecule has 8 heteroatoms. The molecule has 1 aromatic heterocycles. The summed E-state index contributed by atoms with van der Waals surface area (Å²) in [7, 11) is 0. The predicted molar refractivity (Wildman–Crippen MR) is 116 cm³/mol. The van der Waals surface area contributed by atoms with E-state index in [2.05, 4.69) is 25.9 Å². The second kappa shape index (κ2) is 8.75. The van der Waals surface area contributed by atoms with Gasteiger partial charge in [-0.15, -0.1) is 11.8 Å². The fourth-order valence-electron chi connectivity index (χ4n) is 3.02. The van der Waals surface area contributed by atoms with Crippen molar-refractivity contribution in [3.8, 4) is 11.3 Å². The van der Waals surface area contributed by atoms with Crippen LogP contribution < -0.4 is 4.90 Å². The van der Waals surface area contributed by atoms with Crippen molar-refractivity contribution in [1.29, 1.82) is 0 Å². The van der Waals surface area contributed by atoms with Gasteiger partial charge in [-0.1, -0.05) is 18.2 Å². The van der Waals surface area contributed by atoms with Crippen molar-refractivity contribution in [3.05, 3.63) is 64.3 Å². The molecule has 0 unspecified atom stereocenters. The first-order chi connectivity index (χ1) is 13.7. The summed E-state index contributed by atoms with van der Waals surface area (Å²) in [5, 5.41) is 0. The summed E-state index contributed by atoms with van der Waals surface area (Å²) in [4.78, 5) is 12.0. The standard InChI is InChI=1S/C21H19BrF3N3S/c1-4-28(19-10-9-14(29-3)12-17(19)22)20-26-13(2)11-18(27-20)15-7-5-6-8-16(15)21(23,24)25/h5-12H,4H2,1-3H3. The normalized spacial score (nSPS) is 11.6. The molecule has 0 amide bonds. The highest BCUT2D eigenvalue weighted by atomic mass is 79.9. The summed E-state index contributed by atoms with van der Waals surface area (Å²) in [6.45, 7) is 4.26. The summed E-state index contributed by atoms with van der Waals surface area (Å²) in [6.07, 6.45) is -2.47. The van der Waals surface area contributed by atoms with Crippen molar-refractivity contribution in [3.63, 3.8) is 0 Å². The molecule has 0 spiro atoms. The monoisotopic (exact) mass is 481 g/mol. The quantitative estimate of drug-likeness (QED) is 0.363. The van der Waals surface area contributed by atoms with E-state index in [1.54, 1.807) is 30.8 Å². The summed E-state index contributed by atoms with van der Waals surface area (Å²) in [5.74, 6) is 0.358. The SMILES string of the molecule is CCN(c1nc(C)cc(-c2ccccc2C(F)(F)F)n1)c1ccc(SC)cc1Br. The third kappa shape index (κ3) is 4.75. The molecule has 3 aromatic rings. The highest BCUT2D eigenvalue weighted by Gasteiger charge is 2.34. The van der Waals surface area contributed by atoms with Crippen LogP contribution in [0, 0.1) is 6.92 Å². The molecule has 0 N–H and O–H groups in total. The molecule has 3 rings (SSSR count). The summed E-state index contributed by atoms with van der Waals surface area (Å²) in [5.41, 5.74) is 1.02. The molecule has 0 aliphatic carbocycles. The molecular formula is C21H19BrF3N3S. The van der Waals surface area contributed by atoms with Crippen molar-refractivity contribution < 1.29 is 13.2 Å². The number of benzene rings is 2. The molecule has 152 valence electrons. The second-order valence-corrected chi connectivity index (χ2v) is 8.03. The average molecular weight is 482 g/mol. The first kappa shape index (κ1) is 21.6. The Hall–Kier alpha value is -2.06. The van der Waals surface area contributed by atoms with Crippen molar-refractivity contribution in [2.24, 2.45) is 0 Å². The van der Waals surface area contributed by atoms with Crippen LogP contribution in [0.2, 0.25) is 0 Å². The number of thioether (sulfide) groups is 1. The Morgan fingerprint density at radius 2 is 1.79 bits per heavy atom. The van der Waals surface area contributed by atoms with Gasteiger partial charge in [-0.3, -0.25) is 0 Å². The van der Waals surface area contributed by atoms with Gasteiger partial charge in [-0.2, -0.15) is 13.2 Å². The van der Waals surface area contributed by atoms with Crippen LogP contribution in [0.25, 0.3) is 11.3 Å². The first-order valence-electron chi connectivity index (χ1n) is 8.88. The molecule has 0 fully saturated rings. The first-order valence-corrected chi connectivity index (χ1v) is 10.9. The van der Waals surface area contributed by atoms with E-state index in [0.717, 1.165) is 21.1 Å². The van der Waals surface area contributed by atoms with Crippen LogP contribution in [0.15, 0.2) is 57.9 Å². The van der Waals surface area contributed by atoms with Gasteiger partial charge >= 0.3 is 6.18 Å². The largest absolute Gasteiger partial charge is 0.417 e. The zero-order valence-corrected chi connectivity index (χ0v) is 18.5. The van der Waals surface area contributed by atoms with Gasteiger partial charge in [0.2, 0.25) is 5.95 Å². The van der Waals surface area contributed by atoms with Crippen molar-refractivity contribution in [2.45, 2.75) is 24.9 Å². The predicted octanol–water partition coefficient (Wildman–Crippen LogP) is 7.11. The third-order valence-corrected chi connectivity index (χ3v) is 5.71. The van der Waals surface area contributed by atoms with Gasteiger partial charge in [0.05, 0.1) is 16.9 Å². The third-order valence-electron chi connectivity index (χ3n) is 4.35. The fourth-order valence-corrected chi connectivity index (χ4v) is 4.20. The maximum atomic E-state index is 13.5. The number of rotatable bonds is 5. The minimum atomic E-state index is -4.46. The van der Waals surface area contributed by atoms with E-state index < -0.39 is 11.7 Å². The molecule has 0 saturated carbocycles. The van der Waals surface area contributed by atoms with Gasteiger partial charge in [0.25, 0.3) is 0 Å². The van der Waals surface area contributed by atoms with E-state index in [9.17, 15) is 13.2 Å². The van der Waals surface area contributed by atoms with Crippen LogP contribution >= 0.6 is 27.7 Å². The van der Waals surface area contributed by atoms with E-state index in [-0.39, 0.29) is 11.3 Å². The lowest BCUT2D eigenvalue weighted by Crippen LogP contribution is -2.20. The highest BCUT2D eigenvalue weighted by molar-refractivity contribution is 9.10. The topological polar surface area (TPSA) is 29.0 Å². The molecule has 0 aliphatic rings. The Bertz CT molecular complexity index is 1020. The van der Waals surface area contributed by atoms with Gasteiger partial charge in [0, 0.05) is 27.2 Å². The lowest BCUT2D eigenvalue weighted by molar-refractivity contribution is -0.137. The molecule has 2 aromatic carbocycles. The van der Waals surface area contributed by atoms with Crippen LogP contribution in [-0.2, 0) is 6.18 Å². The van der Waals surface area contributed by atoms with Gasteiger partial charge < -0.3 is 4.90 Å². The average Bonchev–Trinajstić information content (AvgIpc) is 2.68. The minimum absolute atomic E-state index is 0.0413. The molecule has 29 heavy (non-hydrogen) atoms. The van der Waals surface area contributed by atoms with Crippen LogP contribution in [-0.4, -0.2) is 22.8 Å². The van der Waals surface area contributed by atoms with E-state index in [1.807, 2.05) is 36.3 Å².